The van der Waals surface area contributed by atoms with Gasteiger partial charge in [-0.1, -0.05) is 67.7 Å². The van der Waals surface area contributed by atoms with Crippen molar-refractivity contribution >= 4 is 35.4 Å². The minimum Gasteiger partial charge on any atom is -0.377 e. The Morgan fingerprint density at radius 3 is 2.54 bits per heavy atom. The zero-order chi connectivity index (χ0) is 33.1. The molecule has 0 bridgehead atoms. The number of anilines is 1. The minimum absolute atomic E-state index is 0.0766. The van der Waals surface area contributed by atoms with Crippen molar-refractivity contribution < 1.29 is 18.8 Å². The fourth-order valence-corrected chi connectivity index (χ4v) is 6.55. The summed E-state index contributed by atoms with van der Waals surface area (Å²) in [6.45, 7) is 11.6. The van der Waals surface area contributed by atoms with Crippen molar-refractivity contribution in [1.29, 1.82) is 0 Å². The molecule has 5 rings (SSSR count). The van der Waals surface area contributed by atoms with Crippen molar-refractivity contribution in [2.45, 2.75) is 104 Å². The molecule has 3 aromatic rings. The number of hydrogen-bond acceptors (Lipinski definition) is 8. The predicted molar refractivity (Wildman–Crippen MR) is 186 cm³/mol. The number of rotatable bonds is 13. The van der Waals surface area contributed by atoms with Crippen molar-refractivity contribution in [2.24, 2.45) is 10.9 Å². The van der Waals surface area contributed by atoms with E-state index in [0.29, 0.717) is 25.7 Å². The molecule has 2 aromatic carbocycles. The van der Waals surface area contributed by atoms with Crippen LogP contribution in [0, 0.1) is 19.8 Å². The minimum atomic E-state index is -0.303. The van der Waals surface area contributed by atoms with Gasteiger partial charge >= 0.3 is 0 Å². The SMILES string of the molecule is CCCCC1=NC(C)C(=O)N1Cc1ccc(-c2ccccc2SNc2noc(C)c2C)c(COCC)c1.CNC(=O)C1CCCC1. The predicted octanol–water partition coefficient (Wildman–Crippen LogP) is 7.86. The number of nitrogens with zero attached hydrogens (tertiary/aromatic N) is 3. The summed E-state index contributed by atoms with van der Waals surface area (Å²) < 4.78 is 14.5. The van der Waals surface area contributed by atoms with E-state index in [-0.39, 0.29) is 17.9 Å². The molecule has 1 aliphatic heterocycles. The Kier molecular flexibility index (Phi) is 13.3. The van der Waals surface area contributed by atoms with Gasteiger partial charge in [-0.3, -0.25) is 19.5 Å². The lowest BCUT2D eigenvalue weighted by atomic mass is 9.97. The summed E-state index contributed by atoms with van der Waals surface area (Å²) in [6, 6.07) is 14.4. The molecule has 1 saturated carbocycles. The summed E-state index contributed by atoms with van der Waals surface area (Å²) >= 11 is 1.51. The number of hydrogen-bond donors (Lipinski definition) is 2. The van der Waals surface area contributed by atoms with Crippen LogP contribution in [0.5, 0.6) is 0 Å². The van der Waals surface area contributed by atoms with Crippen LogP contribution in [0.2, 0.25) is 0 Å². The molecular formula is C36H49N5O4S. The molecule has 10 heteroatoms. The van der Waals surface area contributed by atoms with Crippen molar-refractivity contribution in [1.82, 2.24) is 15.4 Å². The Balaban J connectivity index is 0.000000459. The number of ether oxygens (including phenoxy) is 1. The van der Waals surface area contributed by atoms with E-state index in [1.807, 2.05) is 44.7 Å². The summed E-state index contributed by atoms with van der Waals surface area (Å²) in [4.78, 5) is 31.3. The quantitative estimate of drug-likeness (QED) is 0.182. The van der Waals surface area contributed by atoms with Gasteiger partial charge in [-0.2, -0.15) is 0 Å². The third-order valence-electron chi connectivity index (χ3n) is 8.57. The number of amides is 2. The number of carbonyl (C=O) groups is 2. The van der Waals surface area contributed by atoms with Crippen LogP contribution < -0.4 is 10.0 Å². The lowest BCUT2D eigenvalue weighted by Crippen LogP contribution is -2.34. The van der Waals surface area contributed by atoms with Crippen molar-refractivity contribution in [2.75, 3.05) is 18.4 Å². The van der Waals surface area contributed by atoms with Gasteiger partial charge < -0.3 is 19.3 Å². The Morgan fingerprint density at radius 1 is 1.11 bits per heavy atom. The molecule has 1 fully saturated rings. The van der Waals surface area contributed by atoms with Crippen LogP contribution in [0.25, 0.3) is 11.1 Å². The van der Waals surface area contributed by atoms with Gasteiger partial charge in [-0.15, -0.1) is 0 Å². The van der Waals surface area contributed by atoms with Gasteiger partial charge in [0, 0.05) is 36.5 Å². The van der Waals surface area contributed by atoms with Gasteiger partial charge in [0.15, 0.2) is 5.82 Å². The number of aliphatic imine (C=N–C) groups is 1. The van der Waals surface area contributed by atoms with E-state index in [9.17, 15) is 9.59 Å². The topological polar surface area (TPSA) is 109 Å². The smallest absolute Gasteiger partial charge is 0.252 e. The van der Waals surface area contributed by atoms with Crippen LogP contribution in [-0.2, 0) is 27.5 Å². The second-order valence-electron chi connectivity index (χ2n) is 11.9. The standard InChI is InChI=1S/C29H36N4O3S.C7H13NO/c1-6-8-13-27-30-20(4)29(34)33(27)17-22-14-15-24(23(16-22)18-35-7-2)25-11-9-10-12-26(25)37-32-28-19(3)21(5)36-31-28;1-8-7(9)6-4-2-3-5-6/h9-12,14-16,20H,6-8,13,17-18H2,1-5H3,(H,31,32);6H,2-5H2,1H3,(H,8,9). The average Bonchev–Trinajstić information content (AvgIpc) is 3.79. The fraction of sp³-hybridized carbons (Fsp3) is 0.500. The van der Waals surface area contributed by atoms with E-state index in [4.69, 9.17) is 9.26 Å². The van der Waals surface area contributed by atoms with Crippen LogP contribution >= 0.6 is 11.9 Å². The first-order valence-electron chi connectivity index (χ1n) is 16.5. The molecule has 248 valence electrons. The summed E-state index contributed by atoms with van der Waals surface area (Å²) in [6.07, 6.45) is 7.60. The molecule has 1 unspecified atom stereocenters. The first-order valence-corrected chi connectivity index (χ1v) is 17.3. The fourth-order valence-electron chi connectivity index (χ4n) is 5.71. The van der Waals surface area contributed by atoms with Gasteiger partial charge in [-0.25, -0.2) is 0 Å². The van der Waals surface area contributed by atoms with Gasteiger partial charge in [0.1, 0.15) is 17.6 Å². The van der Waals surface area contributed by atoms with Crippen LogP contribution in [0.15, 0.2) is 56.9 Å². The number of benzene rings is 2. The largest absolute Gasteiger partial charge is 0.377 e. The van der Waals surface area contributed by atoms with E-state index >= 15 is 0 Å². The molecular weight excluding hydrogens is 598 g/mol. The molecule has 0 spiro atoms. The van der Waals surface area contributed by atoms with E-state index in [1.54, 1.807) is 7.05 Å². The second-order valence-corrected chi connectivity index (χ2v) is 12.7. The summed E-state index contributed by atoms with van der Waals surface area (Å²) in [7, 11) is 1.71. The van der Waals surface area contributed by atoms with E-state index in [0.717, 1.165) is 82.2 Å². The van der Waals surface area contributed by atoms with E-state index in [2.05, 4.69) is 57.4 Å². The van der Waals surface area contributed by atoms with Crippen LogP contribution in [0.1, 0.15) is 88.2 Å². The number of nitrogens with one attached hydrogen (secondary N) is 2. The highest BCUT2D eigenvalue weighted by Crippen LogP contribution is 2.35. The number of aryl methyl sites for hydroxylation is 1. The van der Waals surface area contributed by atoms with Gasteiger partial charge in [-0.05, 0) is 87.2 Å². The average molecular weight is 648 g/mol. The number of carbonyl (C=O) groups excluding carboxylic acids is 2. The zero-order valence-corrected chi connectivity index (χ0v) is 29.0. The molecule has 1 aromatic heterocycles. The highest BCUT2D eigenvalue weighted by atomic mass is 32.2. The summed E-state index contributed by atoms with van der Waals surface area (Å²) in [5.74, 6) is 3.07. The summed E-state index contributed by atoms with van der Waals surface area (Å²) in [5, 5.41) is 6.79. The van der Waals surface area contributed by atoms with Gasteiger partial charge in [0.2, 0.25) is 5.91 Å². The number of aromatic nitrogens is 1. The number of unbranched alkanes of at least 4 members (excludes halogenated alkanes) is 1. The molecule has 1 aliphatic carbocycles. The third-order valence-corrected chi connectivity index (χ3v) is 9.44. The highest BCUT2D eigenvalue weighted by Gasteiger charge is 2.31. The van der Waals surface area contributed by atoms with E-state index < -0.39 is 0 Å². The van der Waals surface area contributed by atoms with E-state index in [1.165, 1.54) is 24.8 Å². The monoisotopic (exact) mass is 647 g/mol. The van der Waals surface area contributed by atoms with Gasteiger partial charge in [0.25, 0.3) is 5.91 Å². The van der Waals surface area contributed by atoms with Crippen molar-refractivity contribution in [3.63, 3.8) is 0 Å². The first-order chi connectivity index (χ1) is 22.3. The second kappa shape index (κ2) is 17.3. The van der Waals surface area contributed by atoms with Crippen LogP contribution in [0.3, 0.4) is 0 Å². The van der Waals surface area contributed by atoms with Crippen LogP contribution in [-0.4, -0.2) is 47.4 Å². The van der Waals surface area contributed by atoms with Crippen LogP contribution in [0.4, 0.5) is 5.82 Å². The molecule has 9 nitrogen and oxygen atoms in total. The molecule has 2 heterocycles. The van der Waals surface area contributed by atoms with Gasteiger partial charge in [0.05, 0.1) is 13.2 Å². The third kappa shape index (κ3) is 9.00. The van der Waals surface area contributed by atoms with Crippen molar-refractivity contribution in [3.8, 4) is 11.1 Å². The zero-order valence-electron chi connectivity index (χ0n) is 28.2. The number of amidine groups is 1. The molecule has 1 atom stereocenters. The van der Waals surface area contributed by atoms with Crippen molar-refractivity contribution in [3.05, 3.63) is 64.9 Å². The normalized spacial score (nSPS) is 16.3. The summed E-state index contributed by atoms with van der Waals surface area (Å²) in [5.41, 5.74) is 5.37. The lowest BCUT2D eigenvalue weighted by Gasteiger charge is -2.21. The Hall–Kier alpha value is -3.63. The molecule has 0 saturated heterocycles. The Labute approximate surface area is 278 Å². The maximum absolute atomic E-state index is 12.9. The first kappa shape index (κ1) is 35.2. The molecule has 2 N–H and O–H groups in total. The molecule has 2 aliphatic rings. The maximum Gasteiger partial charge on any atom is 0.252 e. The lowest BCUT2D eigenvalue weighted by molar-refractivity contribution is -0.127. The molecule has 0 radical (unpaired) electrons. The maximum atomic E-state index is 12.9. The molecule has 46 heavy (non-hydrogen) atoms. The Bertz CT molecular complexity index is 1500. The highest BCUT2D eigenvalue weighted by molar-refractivity contribution is 8.00. The molecule has 2 amide bonds. The Morgan fingerprint density at radius 2 is 1.87 bits per heavy atom.